The summed E-state index contributed by atoms with van der Waals surface area (Å²) < 4.78 is 0. The Bertz CT molecular complexity index is 1020. The quantitative estimate of drug-likeness (QED) is 0.630. The van der Waals surface area contributed by atoms with Crippen molar-refractivity contribution in [2.24, 2.45) is 17.6 Å². The first-order chi connectivity index (χ1) is 14.8. The van der Waals surface area contributed by atoms with Gasteiger partial charge < -0.3 is 11.1 Å². The molecular formula is C23H28N4O4. The molecule has 5 rings (SSSR count). The van der Waals surface area contributed by atoms with E-state index in [-0.39, 0.29) is 30.2 Å². The Labute approximate surface area is 180 Å². The van der Waals surface area contributed by atoms with Crippen LogP contribution in [0, 0.1) is 25.7 Å². The topological polar surface area (TPSA) is 122 Å². The zero-order chi connectivity index (χ0) is 22.1. The predicted octanol–water partition coefficient (Wildman–Crippen LogP) is 1.23. The minimum atomic E-state index is -1.37. The summed E-state index contributed by atoms with van der Waals surface area (Å²) in [5, 5.41) is 6.21. The third-order valence-corrected chi connectivity index (χ3v) is 7.82. The Morgan fingerprint density at radius 1 is 1.13 bits per heavy atom. The van der Waals surface area contributed by atoms with Crippen molar-refractivity contribution >= 4 is 29.3 Å². The SMILES string of the molecule is Cc1ccc2c(c1C)NC(=O)[C@]21N[C@H](CC(N)=O)[C@H]2C(=O)N(C3CCCCC3)C(=O)[C@H]21. The maximum absolute atomic E-state index is 13.8. The maximum atomic E-state index is 13.8. The molecule has 8 nitrogen and oxygen atoms in total. The van der Waals surface area contributed by atoms with Gasteiger partial charge in [0.15, 0.2) is 0 Å². The van der Waals surface area contributed by atoms with Crippen molar-refractivity contribution in [3.8, 4) is 0 Å². The number of likely N-dealkylation sites (tertiary alicyclic amines) is 1. The molecule has 0 bridgehead atoms. The molecule has 3 heterocycles. The summed E-state index contributed by atoms with van der Waals surface area (Å²) in [5.41, 5.74) is 7.44. The predicted molar refractivity (Wildman–Crippen MR) is 113 cm³/mol. The smallest absolute Gasteiger partial charge is 0.250 e. The lowest BCUT2D eigenvalue weighted by molar-refractivity contribution is -0.146. The van der Waals surface area contributed by atoms with E-state index in [4.69, 9.17) is 5.73 Å². The van der Waals surface area contributed by atoms with Crippen molar-refractivity contribution in [1.82, 2.24) is 10.2 Å². The van der Waals surface area contributed by atoms with Crippen LogP contribution in [0.5, 0.6) is 0 Å². The molecule has 0 aromatic heterocycles. The molecule has 3 aliphatic heterocycles. The molecule has 1 aromatic rings. The second-order valence-corrected chi connectivity index (χ2v) is 9.46. The second-order valence-electron chi connectivity index (χ2n) is 9.46. The van der Waals surface area contributed by atoms with Gasteiger partial charge in [-0.2, -0.15) is 0 Å². The average molecular weight is 425 g/mol. The van der Waals surface area contributed by atoms with Crippen molar-refractivity contribution in [3.63, 3.8) is 0 Å². The molecular weight excluding hydrogens is 396 g/mol. The number of imide groups is 1. The number of amides is 4. The standard InChI is InChI=1S/C23H28N4O4/c1-11-8-9-14-19(12(11)2)25-22(31)23(14)18-17(15(26-23)10-16(24)28)20(29)27(21(18)30)13-6-4-3-5-7-13/h8-9,13,15,17-18,26H,3-7,10H2,1-2H3,(H2,24,28)(H,25,31)/t15-,17-,18+,23+/m1/s1. The van der Waals surface area contributed by atoms with Crippen molar-refractivity contribution in [2.45, 2.75) is 70.0 Å². The lowest BCUT2D eigenvalue weighted by atomic mass is 9.76. The number of nitrogens with zero attached hydrogens (tertiary/aromatic N) is 1. The van der Waals surface area contributed by atoms with Crippen LogP contribution in [0.2, 0.25) is 0 Å². The van der Waals surface area contributed by atoms with Gasteiger partial charge in [0, 0.05) is 29.8 Å². The molecule has 31 heavy (non-hydrogen) atoms. The number of nitrogens with one attached hydrogen (secondary N) is 2. The Morgan fingerprint density at radius 2 is 1.84 bits per heavy atom. The second kappa shape index (κ2) is 6.88. The molecule has 164 valence electrons. The van der Waals surface area contributed by atoms with Crippen LogP contribution in [0.25, 0.3) is 0 Å². The fourth-order valence-electron chi connectivity index (χ4n) is 6.23. The van der Waals surface area contributed by atoms with Gasteiger partial charge in [0.1, 0.15) is 5.54 Å². The number of carbonyl (C=O) groups is 4. The highest BCUT2D eigenvalue weighted by atomic mass is 16.2. The van der Waals surface area contributed by atoms with Crippen molar-refractivity contribution in [3.05, 3.63) is 28.8 Å². The highest BCUT2D eigenvalue weighted by Gasteiger charge is 2.71. The fourth-order valence-corrected chi connectivity index (χ4v) is 6.23. The molecule has 1 aromatic carbocycles. The molecule has 1 spiro atoms. The Morgan fingerprint density at radius 3 is 2.52 bits per heavy atom. The third-order valence-electron chi connectivity index (χ3n) is 7.82. The molecule has 8 heteroatoms. The van der Waals surface area contributed by atoms with E-state index in [1.54, 1.807) is 0 Å². The summed E-state index contributed by atoms with van der Waals surface area (Å²) >= 11 is 0. The number of benzene rings is 1. The highest BCUT2D eigenvalue weighted by Crippen LogP contribution is 2.54. The van der Waals surface area contributed by atoms with Crippen LogP contribution in [0.15, 0.2) is 12.1 Å². The summed E-state index contributed by atoms with van der Waals surface area (Å²) in [6.07, 6.45) is 4.54. The Balaban J connectivity index is 1.65. The van der Waals surface area contributed by atoms with E-state index in [1.807, 2.05) is 26.0 Å². The molecule has 1 saturated carbocycles. The molecule has 4 aliphatic rings. The van der Waals surface area contributed by atoms with Crippen LogP contribution in [-0.2, 0) is 24.7 Å². The van der Waals surface area contributed by atoms with E-state index in [0.717, 1.165) is 43.2 Å². The summed E-state index contributed by atoms with van der Waals surface area (Å²) in [6, 6.07) is 2.99. The van der Waals surface area contributed by atoms with Gasteiger partial charge in [-0.3, -0.25) is 29.4 Å². The zero-order valence-electron chi connectivity index (χ0n) is 17.9. The Hall–Kier alpha value is -2.74. The van der Waals surface area contributed by atoms with Crippen LogP contribution in [0.1, 0.15) is 55.2 Å². The van der Waals surface area contributed by atoms with Crippen molar-refractivity contribution < 1.29 is 19.2 Å². The average Bonchev–Trinajstić information content (AvgIpc) is 3.30. The number of hydrogen-bond acceptors (Lipinski definition) is 5. The number of primary amides is 1. The third kappa shape index (κ3) is 2.63. The number of aryl methyl sites for hydroxylation is 1. The largest absolute Gasteiger partial charge is 0.370 e. The van der Waals surface area contributed by atoms with Gasteiger partial charge in [-0.25, -0.2) is 0 Å². The summed E-state index contributed by atoms with van der Waals surface area (Å²) in [5.74, 6) is -3.15. The molecule has 4 N–H and O–H groups in total. The number of nitrogens with two attached hydrogens (primary N) is 1. The monoisotopic (exact) mass is 424 g/mol. The number of fused-ring (bicyclic) bond motifs is 4. The maximum Gasteiger partial charge on any atom is 0.250 e. The molecule has 3 fully saturated rings. The van der Waals surface area contributed by atoms with Crippen LogP contribution in [-0.4, -0.2) is 40.6 Å². The molecule has 4 atom stereocenters. The summed E-state index contributed by atoms with van der Waals surface area (Å²) in [6.45, 7) is 3.89. The zero-order valence-corrected chi connectivity index (χ0v) is 17.9. The minimum absolute atomic E-state index is 0.103. The van der Waals surface area contributed by atoms with Gasteiger partial charge in [0.05, 0.1) is 11.8 Å². The highest BCUT2D eigenvalue weighted by molar-refractivity contribution is 6.15. The number of anilines is 1. The first-order valence-corrected chi connectivity index (χ1v) is 11.1. The minimum Gasteiger partial charge on any atom is -0.370 e. The molecule has 2 saturated heterocycles. The molecule has 1 aliphatic carbocycles. The van der Waals surface area contributed by atoms with E-state index >= 15 is 0 Å². The van der Waals surface area contributed by atoms with Crippen LogP contribution < -0.4 is 16.4 Å². The van der Waals surface area contributed by atoms with Gasteiger partial charge in [-0.1, -0.05) is 31.4 Å². The van der Waals surface area contributed by atoms with Crippen LogP contribution in [0.3, 0.4) is 0 Å². The van der Waals surface area contributed by atoms with Crippen molar-refractivity contribution in [2.75, 3.05) is 5.32 Å². The van der Waals surface area contributed by atoms with Gasteiger partial charge in [-0.15, -0.1) is 0 Å². The molecule has 4 amide bonds. The van der Waals surface area contributed by atoms with Crippen molar-refractivity contribution in [1.29, 1.82) is 0 Å². The fraction of sp³-hybridized carbons (Fsp3) is 0.565. The first-order valence-electron chi connectivity index (χ1n) is 11.1. The van der Waals surface area contributed by atoms with E-state index in [1.165, 1.54) is 4.90 Å². The van der Waals surface area contributed by atoms with E-state index in [9.17, 15) is 19.2 Å². The van der Waals surface area contributed by atoms with E-state index in [0.29, 0.717) is 11.3 Å². The lowest BCUT2D eigenvalue weighted by Crippen LogP contribution is -2.54. The lowest BCUT2D eigenvalue weighted by Gasteiger charge is -2.33. The van der Waals surface area contributed by atoms with Gasteiger partial charge in [0.25, 0.3) is 0 Å². The molecule has 0 unspecified atom stereocenters. The number of rotatable bonds is 3. The first kappa shape index (κ1) is 20.2. The number of hydrogen-bond donors (Lipinski definition) is 3. The van der Waals surface area contributed by atoms with Gasteiger partial charge in [-0.05, 0) is 37.8 Å². The summed E-state index contributed by atoms with van der Waals surface area (Å²) in [7, 11) is 0. The Kier molecular flexibility index (Phi) is 4.48. The van der Waals surface area contributed by atoms with E-state index in [2.05, 4.69) is 10.6 Å². The normalized spacial score (nSPS) is 32.5. The van der Waals surface area contributed by atoms with Gasteiger partial charge in [0.2, 0.25) is 23.6 Å². The summed E-state index contributed by atoms with van der Waals surface area (Å²) in [4.78, 5) is 54.0. The van der Waals surface area contributed by atoms with E-state index < -0.39 is 29.3 Å². The van der Waals surface area contributed by atoms with Gasteiger partial charge >= 0.3 is 0 Å². The molecule has 0 radical (unpaired) electrons. The van der Waals surface area contributed by atoms with Crippen LogP contribution in [0.4, 0.5) is 5.69 Å². The number of carbonyl (C=O) groups excluding carboxylic acids is 4. The van der Waals surface area contributed by atoms with Crippen LogP contribution >= 0.6 is 0 Å².